The average Bonchev–Trinajstić information content (AvgIpc) is 2.80. The number of nitriles is 1. The fourth-order valence-electron chi connectivity index (χ4n) is 2.94. The van der Waals surface area contributed by atoms with Gasteiger partial charge in [-0.3, -0.25) is 0 Å². The lowest BCUT2D eigenvalue weighted by Gasteiger charge is -2.15. The summed E-state index contributed by atoms with van der Waals surface area (Å²) in [5.74, 6) is -0.586. The van der Waals surface area contributed by atoms with Crippen LogP contribution in [-0.2, 0) is 9.53 Å². The Morgan fingerprint density at radius 1 is 1.25 bits per heavy atom. The first-order chi connectivity index (χ1) is 11.4. The van der Waals surface area contributed by atoms with E-state index in [9.17, 15) is 10.1 Å². The smallest absolute Gasteiger partial charge is 0.348 e. The Kier molecular flexibility index (Phi) is 5.25. The van der Waals surface area contributed by atoms with Crippen LogP contribution in [-0.4, -0.2) is 17.1 Å². The van der Waals surface area contributed by atoms with E-state index in [1.54, 1.807) is 13.0 Å². The summed E-state index contributed by atoms with van der Waals surface area (Å²) in [7, 11) is 0. The van der Waals surface area contributed by atoms with Gasteiger partial charge >= 0.3 is 5.97 Å². The van der Waals surface area contributed by atoms with E-state index in [0.29, 0.717) is 0 Å². The van der Waals surface area contributed by atoms with E-state index in [1.165, 1.54) is 11.1 Å². The number of aryl methyl sites for hydroxylation is 3. The Hall–Kier alpha value is -2.80. The van der Waals surface area contributed by atoms with Crippen LogP contribution in [0.2, 0.25) is 0 Å². The van der Waals surface area contributed by atoms with Gasteiger partial charge < -0.3 is 9.30 Å². The Balaban J connectivity index is 2.59. The van der Waals surface area contributed by atoms with Gasteiger partial charge in [0.15, 0.2) is 0 Å². The molecule has 24 heavy (non-hydrogen) atoms. The van der Waals surface area contributed by atoms with Crippen molar-refractivity contribution in [2.24, 2.45) is 0 Å². The first kappa shape index (κ1) is 17.6. The molecule has 0 fully saturated rings. The quantitative estimate of drug-likeness (QED) is 0.482. The molecule has 0 aliphatic rings. The molecule has 0 amide bonds. The van der Waals surface area contributed by atoms with Gasteiger partial charge in [0.1, 0.15) is 11.6 Å². The molecule has 0 radical (unpaired) electrons. The van der Waals surface area contributed by atoms with Crippen molar-refractivity contribution < 1.29 is 9.53 Å². The van der Waals surface area contributed by atoms with Crippen molar-refractivity contribution in [3.05, 3.63) is 57.9 Å². The maximum Gasteiger partial charge on any atom is 0.348 e. The Bertz CT molecular complexity index is 831. The summed E-state index contributed by atoms with van der Waals surface area (Å²) in [6, 6.07) is 10.1. The van der Waals surface area contributed by atoms with Gasteiger partial charge in [-0.2, -0.15) is 5.26 Å². The van der Waals surface area contributed by atoms with Crippen molar-refractivity contribution in [1.29, 1.82) is 5.26 Å². The molecule has 0 aliphatic carbocycles. The topological polar surface area (TPSA) is 55.0 Å². The van der Waals surface area contributed by atoms with Crippen LogP contribution in [0.5, 0.6) is 0 Å². The third-order valence-corrected chi connectivity index (χ3v) is 4.05. The summed E-state index contributed by atoms with van der Waals surface area (Å²) in [6.45, 7) is 10.1. The molecule has 0 saturated carbocycles. The van der Waals surface area contributed by atoms with Gasteiger partial charge in [0.25, 0.3) is 0 Å². The molecular weight excluding hydrogens is 300 g/mol. The second kappa shape index (κ2) is 7.18. The van der Waals surface area contributed by atoms with E-state index < -0.39 is 5.97 Å². The van der Waals surface area contributed by atoms with E-state index in [2.05, 4.69) is 30.5 Å². The largest absolute Gasteiger partial charge is 0.462 e. The van der Waals surface area contributed by atoms with Crippen LogP contribution in [0, 0.1) is 39.0 Å². The number of ether oxygens (including phenoxy) is 1. The van der Waals surface area contributed by atoms with E-state index in [0.717, 1.165) is 22.6 Å². The van der Waals surface area contributed by atoms with Crippen molar-refractivity contribution in [3.8, 4) is 11.8 Å². The van der Waals surface area contributed by atoms with Crippen LogP contribution in [0.25, 0.3) is 11.8 Å². The monoisotopic (exact) mass is 322 g/mol. The highest BCUT2D eigenvalue weighted by Crippen LogP contribution is 2.27. The zero-order chi connectivity index (χ0) is 17.9. The molecule has 2 rings (SSSR count). The molecule has 0 bridgehead atoms. The van der Waals surface area contributed by atoms with Crippen molar-refractivity contribution in [2.45, 2.75) is 34.6 Å². The normalized spacial score (nSPS) is 11.2. The highest BCUT2D eigenvalue weighted by molar-refractivity contribution is 5.98. The van der Waals surface area contributed by atoms with Gasteiger partial charge in [0.2, 0.25) is 0 Å². The summed E-state index contributed by atoms with van der Waals surface area (Å²) in [4.78, 5) is 11.8. The molecule has 2 aromatic rings. The van der Waals surface area contributed by atoms with E-state index in [4.69, 9.17) is 4.74 Å². The Labute approximate surface area is 143 Å². The highest BCUT2D eigenvalue weighted by atomic mass is 16.5. The minimum atomic E-state index is -0.586. The van der Waals surface area contributed by atoms with Gasteiger partial charge in [-0.1, -0.05) is 18.2 Å². The van der Waals surface area contributed by atoms with Crippen molar-refractivity contribution in [1.82, 2.24) is 4.57 Å². The van der Waals surface area contributed by atoms with Crippen LogP contribution in [0.15, 0.2) is 29.8 Å². The molecular formula is C20H22N2O2. The van der Waals surface area contributed by atoms with Gasteiger partial charge in [-0.25, -0.2) is 4.79 Å². The number of hydrogen-bond donors (Lipinski definition) is 0. The number of rotatable bonds is 4. The number of aromatic nitrogens is 1. The molecule has 4 nitrogen and oxygen atoms in total. The predicted molar refractivity (Wildman–Crippen MR) is 94.9 cm³/mol. The second-order valence-electron chi connectivity index (χ2n) is 5.79. The molecule has 0 saturated heterocycles. The highest BCUT2D eigenvalue weighted by Gasteiger charge is 2.16. The minimum absolute atomic E-state index is 0.0126. The molecule has 124 valence electrons. The lowest BCUT2D eigenvalue weighted by Crippen LogP contribution is -2.06. The van der Waals surface area contributed by atoms with Crippen LogP contribution < -0.4 is 0 Å². The fourth-order valence-corrected chi connectivity index (χ4v) is 2.94. The van der Waals surface area contributed by atoms with Crippen LogP contribution in [0.3, 0.4) is 0 Å². The minimum Gasteiger partial charge on any atom is -0.462 e. The number of hydrogen-bond acceptors (Lipinski definition) is 3. The lowest BCUT2D eigenvalue weighted by atomic mass is 10.1. The summed E-state index contributed by atoms with van der Waals surface area (Å²) in [5, 5.41) is 9.23. The molecule has 1 aromatic carbocycles. The molecule has 1 aromatic heterocycles. The van der Waals surface area contributed by atoms with Crippen molar-refractivity contribution in [2.75, 3.05) is 6.61 Å². The average molecular weight is 322 g/mol. The fraction of sp³-hybridized carbons (Fsp3) is 0.300. The molecule has 0 aliphatic heterocycles. The number of carbonyl (C=O) groups excluding carboxylic acids is 1. The lowest BCUT2D eigenvalue weighted by molar-refractivity contribution is -0.137. The molecule has 0 atom stereocenters. The number of benzene rings is 1. The zero-order valence-corrected chi connectivity index (χ0v) is 14.8. The van der Waals surface area contributed by atoms with Gasteiger partial charge in [-0.05, 0) is 63.5 Å². The number of carbonyl (C=O) groups is 1. The SMILES string of the molecule is CCOC(=O)/C(C#N)=C/c1cc(C)n(-c2c(C)cccc2C)c1C. The summed E-state index contributed by atoms with van der Waals surface area (Å²) in [5.41, 5.74) is 6.40. The standard InChI is InChI=1S/C20H22N2O2/c1-6-24-20(23)18(12-21)11-17-10-15(4)22(16(17)5)19-13(2)8-7-9-14(19)3/h7-11H,6H2,1-5H3/b18-11+. The number of para-hydroxylation sites is 1. The summed E-state index contributed by atoms with van der Waals surface area (Å²) in [6.07, 6.45) is 1.60. The molecule has 0 N–H and O–H groups in total. The molecule has 4 heteroatoms. The summed E-state index contributed by atoms with van der Waals surface area (Å²) < 4.78 is 7.09. The third-order valence-electron chi connectivity index (χ3n) is 4.05. The predicted octanol–water partition coefficient (Wildman–Crippen LogP) is 4.18. The first-order valence-corrected chi connectivity index (χ1v) is 7.95. The first-order valence-electron chi connectivity index (χ1n) is 7.95. The van der Waals surface area contributed by atoms with Gasteiger partial charge in [0, 0.05) is 11.4 Å². The maximum absolute atomic E-state index is 11.8. The summed E-state index contributed by atoms with van der Waals surface area (Å²) >= 11 is 0. The van der Waals surface area contributed by atoms with E-state index in [1.807, 2.05) is 32.0 Å². The molecule has 0 unspecified atom stereocenters. The van der Waals surface area contributed by atoms with Crippen LogP contribution in [0.1, 0.15) is 35.0 Å². The van der Waals surface area contributed by atoms with Gasteiger partial charge in [0.05, 0.1) is 12.3 Å². The molecule has 0 spiro atoms. The van der Waals surface area contributed by atoms with Crippen LogP contribution >= 0.6 is 0 Å². The zero-order valence-electron chi connectivity index (χ0n) is 14.8. The van der Waals surface area contributed by atoms with E-state index >= 15 is 0 Å². The number of esters is 1. The Morgan fingerprint density at radius 3 is 2.42 bits per heavy atom. The van der Waals surface area contributed by atoms with Gasteiger partial charge in [-0.15, -0.1) is 0 Å². The van der Waals surface area contributed by atoms with Crippen molar-refractivity contribution >= 4 is 12.0 Å². The second-order valence-corrected chi connectivity index (χ2v) is 5.79. The van der Waals surface area contributed by atoms with E-state index in [-0.39, 0.29) is 12.2 Å². The maximum atomic E-state index is 11.8. The number of nitrogens with zero attached hydrogens (tertiary/aromatic N) is 2. The third kappa shape index (κ3) is 3.26. The Morgan fingerprint density at radius 2 is 1.88 bits per heavy atom. The van der Waals surface area contributed by atoms with Crippen molar-refractivity contribution in [3.63, 3.8) is 0 Å². The molecule has 1 heterocycles. The van der Waals surface area contributed by atoms with Crippen LogP contribution in [0.4, 0.5) is 0 Å².